The van der Waals surface area contributed by atoms with Crippen LogP contribution in [0.5, 0.6) is 0 Å². The van der Waals surface area contributed by atoms with Crippen LogP contribution in [0.2, 0.25) is 0 Å². The fourth-order valence-electron chi connectivity index (χ4n) is 3.53. The van der Waals surface area contributed by atoms with E-state index < -0.39 is 26.6 Å². The quantitative estimate of drug-likeness (QED) is 0.185. The van der Waals surface area contributed by atoms with E-state index in [9.17, 15) is 32.9 Å². The summed E-state index contributed by atoms with van der Waals surface area (Å²) in [7, 11) is -3.91. The smallest absolute Gasteiger partial charge is 0.445 e. The Morgan fingerprint density at radius 3 is 2.08 bits per heavy atom. The Bertz CT molecular complexity index is 1050. The van der Waals surface area contributed by atoms with E-state index in [1.54, 1.807) is 21.9 Å². The molecule has 1 N–H and O–H groups in total. The third-order valence-electron chi connectivity index (χ3n) is 5.46. The van der Waals surface area contributed by atoms with Gasteiger partial charge in [-0.25, -0.2) is 4.79 Å². The normalized spacial score (nSPS) is 20.9. The van der Waals surface area contributed by atoms with E-state index in [4.69, 9.17) is 17.7 Å². The molecule has 0 aromatic heterocycles. The van der Waals surface area contributed by atoms with E-state index in [2.05, 4.69) is 12.6 Å². The SMILES string of the molecule is CN1C[C@@H](S)C[C@H]1C(=O)N1CCN(C(=O)OCc2ccc([N+](=O)[O-])cc2)CC1.O=S(=O)(O)C(F)(F)F. The summed E-state index contributed by atoms with van der Waals surface area (Å²) in [4.78, 5) is 40.5. The van der Waals surface area contributed by atoms with Crippen molar-refractivity contribution in [3.8, 4) is 0 Å². The molecule has 12 nitrogen and oxygen atoms in total. The number of ether oxygens (including phenoxy) is 1. The zero-order valence-electron chi connectivity index (χ0n) is 19.0. The summed E-state index contributed by atoms with van der Waals surface area (Å²) in [5.41, 5.74) is -4.86. The predicted octanol–water partition coefficient (Wildman–Crippen LogP) is 1.77. The first kappa shape index (κ1) is 29.6. The summed E-state index contributed by atoms with van der Waals surface area (Å²) in [6.07, 6.45) is 0.300. The van der Waals surface area contributed by atoms with E-state index in [0.717, 1.165) is 13.0 Å². The van der Waals surface area contributed by atoms with Crippen LogP contribution in [0.4, 0.5) is 23.7 Å². The number of nitrogens with zero attached hydrogens (tertiary/aromatic N) is 4. The summed E-state index contributed by atoms with van der Waals surface area (Å²) >= 11 is 4.46. The van der Waals surface area contributed by atoms with Crippen LogP contribution in [0, 0.1) is 10.1 Å². The number of halogens is 3. The van der Waals surface area contributed by atoms with Gasteiger partial charge in [-0.3, -0.25) is 24.4 Å². The van der Waals surface area contributed by atoms with Crippen molar-refractivity contribution in [2.24, 2.45) is 0 Å². The Hall–Kier alpha value is -2.63. The molecule has 2 aliphatic heterocycles. The highest BCUT2D eigenvalue weighted by atomic mass is 32.2. The van der Waals surface area contributed by atoms with Crippen molar-refractivity contribution in [3.63, 3.8) is 0 Å². The molecule has 2 saturated heterocycles. The number of rotatable bonds is 4. The van der Waals surface area contributed by atoms with Gasteiger partial charge in [-0.2, -0.15) is 34.2 Å². The standard InChI is InChI=1S/C18H24N4O5S.CHF3O3S/c1-19-11-15(28)10-16(19)17(23)20-6-8-21(9-7-20)18(24)27-12-13-2-4-14(5-3-13)22(25)26;2-1(3,4)8(5,6)7/h2-5,15-16,28H,6-12H2,1H3;(H,5,6,7)/t15-,16-;/m0./s1. The Balaban J connectivity index is 0.000000493. The molecule has 0 bridgehead atoms. The lowest BCUT2D eigenvalue weighted by Gasteiger charge is -2.36. The number of carbonyl (C=O) groups excluding carboxylic acids is 2. The van der Waals surface area contributed by atoms with E-state index in [-0.39, 0.29) is 29.5 Å². The van der Waals surface area contributed by atoms with Crippen molar-refractivity contribution < 1.29 is 45.4 Å². The molecule has 2 amide bonds. The third kappa shape index (κ3) is 8.21. The van der Waals surface area contributed by atoms with Crippen LogP contribution in [-0.4, -0.2) is 101 Å². The van der Waals surface area contributed by atoms with Crippen LogP contribution in [-0.2, 0) is 26.3 Å². The highest BCUT2D eigenvalue weighted by Crippen LogP contribution is 2.23. The summed E-state index contributed by atoms with van der Waals surface area (Å²) in [5, 5.41) is 10.9. The monoisotopic (exact) mass is 558 g/mol. The van der Waals surface area contributed by atoms with Crippen LogP contribution in [0.25, 0.3) is 0 Å². The van der Waals surface area contributed by atoms with E-state index in [1.165, 1.54) is 12.1 Å². The molecule has 2 fully saturated rings. The van der Waals surface area contributed by atoms with Gasteiger partial charge in [-0.05, 0) is 31.2 Å². The molecule has 36 heavy (non-hydrogen) atoms. The first-order chi connectivity index (χ1) is 16.6. The van der Waals surface area contributed by atoms with E-state index in [0.29, 0.717) is 31.7 Å². The lowest BCUT2D eigenvalue weighted by molar-refractivity contribution is -0.384. The van der Waals surface area contributed by atoms with Crippen LogP contribution in [0.3, 0.4) is 0 Å². The van der Waals surface area contributed by atoms with Gasteiger partial charge in [0, 0.05) is 50.1 Å². The Kier molecular flexibility index (Phi) is 9.93. The predicted molar refractivity (Wildman–Crippen MR) is 123 cm³/mol. The number of nitro benzene ring substituents is 1. The van der Waals surface area contributed by atoms with Crippen molar-refractivity contribution >= 4 is 40.4 Å². The maximum atomic E-state index is 12.7. The second kappa shape index (κ2) is 12.1. The van der Waals surface area contributed by atoms with Crippen molar-refractivity contribution in [1.82, 2.24) is 14.7 Å². The van der Waals surface area contributed by atoms with Gasteiger partial charge in [-0.15, -0.1) is 0 Å². The van der Waals surface area contributed by atoms with Crippen LogP contribution in [0.15, 0.2) is 24.3 Å². The first-order valence-corrected chi connectivity index (χ1v) is 12.4. The van der Waals surface area contributed by atoms with Gasteiger partial charge in [-0.1, -0.05) is 0 Å². The number of amides is 2. The van der Waals surface area contributed by atoms with Gasteiger partial charge in [0.15, 0.2) is 0 Å². The Morgan fingerprint density at radius 1 is 1.17 bits per heavy atom. The largest absolute Gasteiger partial charge is 0.522 e. The molecule has 1 aromatic rings. The van der Waals surface area contributed by atoms with Gasteiger partial charge < -0.3 is 14.5 Å². The zero-order chi connectivity index (χ0) is 27.3. The number of non-ortho nitro benzene ring substituents is 1. The lowest BCUT2D eigenvalue weighted by Crippen LogP contribution is -2.54. The molecule has 1 aromatic carbocycles. The van der Waals surface area contributed by atoms with Crippen molar-refractivity contribution in [2.45, 2.75) is 29.8 Å². The maximum absolute atomic E-state index is 12.7. The number of benzene rings is 1. The molecule has 0 radical (unpaired) electrons. The second-order valence-corrected chi connectivity index (χ2v) is 10.2. The summed E-state index contributed by atoms with van der Waals surface area (Å²) in [5.74, 6) is 0.0953. The Morgan fingerprint density at radius 2 is 1.67 bits per heavy atom. The topological polar surface area (TPSA) is 151 Å². The minimum absolute atomic E-state index is 0.00647. The molecule has 2 atom stereocenters. The average Bonchev–Trinajstić information content (AvgIpc) is 3.14. The number of nitro groups is 1. The van der Waals surface area contributed by atoms with E-state index >= 15 is 0 Å². The molecule has 0 unspecified atom stereocenters. The van der Waals surface area contributed by atoms with Gasteiger partial charge in [0.2, 0.25) is 5.91 Å². The molecule has 3 rings (SSSR count). The molecular formula is C19H25F3N4O8S2. The zero-order valence-corrected chi connectivity index (χ0v) is 20.7. The first-order valence-electron chi connectivity index (χ1n) is 10.5. The second-order valence-electron chi connectivity index (χ2n) is 8.06. The van der Waals surface area contributed by atoms with Crippen molar-refractivity contribution in [2.75, 3.05) is 39.8 Å². The molecule has 0 saturated carbocycles. The highest BCUT2D eigenvalue weighted by Gasteiger charge is 2.44. The van der Waals surface area contributed by atoms with Gasteiger partial charge in [0.25, 0.3) is 5.69 Å². The minimum Gasteiger partial charge on any atom is -0.445 e. The molecule has 17 heteroatoms. The molecule has 2 heterocycles. The van der Waals surface area contributed by atoms with Crippen LogP contribution in [0.1, 0.15) is 12.0 Å². The van der Waals surface area contributed by atoms with Crippen molar-refractivity contribution in [1.29, 1.82) is 0 Å². The molecule has 202 valence electrons. The van der Waals surface area contributed by atoms with Crippen molar-refractivity contribution in [3.05, 3.63) is 39.9 Å². The van der Waals surface area contributed by atoms with Gasteiger partial charge >= 0.3 is 21.7 Å². The molecule has 0 aliphatic carbocycles. The highest BCUT2D eigenvalue weighted by molar-refractivity contribution is 7.86. The molecule has 0 spiro atoms. The van der Waals surface area contributed by atoms with E-state index in [1.807, 2.05) is 11.9 Å². The average molecular weight is 559 g/mol. The maximum Gasteiger partial charge on any atom is 0.522 e. The summed E-state index contributed by atoms with van der Waals surface area (Å²) in [6.45, 7) is 2.65. The summed E-state index contributed by atoms with van der Waals surface area (Å²) < 4.78 is 62.8. The number of piperazine rings is 1. The number of thiol groups is 1. The molecular weight excluding hydrogens is 533 g/mol. The van der Waals surface area contributed by atoms with Crippen LogP contribution < -0.4 is 0 Å². The number of hydrogen-bond donors (Lipinski definition) is 2. The van der Waals surface area contributed by atoms with Gasteiger partial charge in [0.1, 0.15) is 6.61 Å². The number of carbonyl (C=O) groups is 2. The number of likely N-dealkylation sites (tertiary alicyclic amines) is 1. The fraction of sp³-hybridized carbons (Fsp3) is 0.579. The number of alkyl halides is 3. The lowest BCUT2D eigenvalue weighted by atomic mass is 10.1. The van der Waals surface area contributed by atoms with Crippen LogP contribution >= 0.6 is 12.6 Å². The summed E-state index contributed by atoms with van der Waals surface area (Å²) in [6, 6.07) is 5.75. The van der Waals surface area contributed by atoms with Gasteiger partial charge in [0.05, 0.1) is 11.0 Å². The fourth-order valence-corrected chi connectivity index (χ4v) is 3.99. The number of hydrogen-bond acceptors (Lipinski definition) is 9. The Labute approximate surface area is 210 Å². The number of likely N-dealkylation sites (N-methyl/N-ethyl adjacent to an activating group) is 1. The molecule has 2 aliphatic rings. The minimum atomic E-state index is -5.84. The third-order valence-corrected chi connectivity index (χ3v) is 6.42.